The van der Waals surface area contributed by atoms with E-state index in [4.69, 9.17) is 9.47 Å². The first-order valence-electron chi connectivity index (χ1n) is 12.9. The molecule has 0 aliphatic rings. The number of hydrogen-bond donors (Lipinski definition) is 1. The van der Waals surface area contributed by atoms with Crippen LogP contribution in [-0.4, -0.2) is 43.0 Å². The summed E-state index contributed by atoms with van der Waals surface area (Å²) >= 11 is 0. The lowest BCUT2D eigenvalue weighted by Crippen LogP contribution is -2.52. The topological polar surface area (TPSA) is 67.9 Å². The van der Waals surface area contributed by atoms with Crippen LogP contribution < -0.4 is 14.8 Å². The van der Waals surface area contributed by atoms with Gasteiger partial charge in [-0.15, -0.1) is 0 Å². The molecule has 0 heterocycles. The van der Waals surface area contributed by atoms with Gasteiger partial charge in [0.25, 0.3) is 0 Å². The molecule has 0 unspecified atom stereocenters. The Morgan fingerprint density at radius 3 is 2.26 bits per heavy atom. The summed E-state index contributed by atoms with van der Waals surface area (Å²) in [5.74, 6) is 0.289. The van der Waals surface area contributed by atoms with Gasteiger partial charge < -0.3 is 19.7 Å². The first kappa shape index (κ1) is 28.7. The summed E-state index contributed by atoms with van der Waals surface area (Å²) in [6.07, 6.45) is 1.65. The van der Waals surface area contributed by atoms with E-state index in [1.54, 1.807) is 38.5 Å². The molecule has 6 nitrogen and oxygen atoms in total. The predicted octanol–water partition coefficient (Wildman–Crippen LogP) is 5.33. The number of nitrogens with one attached hydrogen (secondary N) is 1. The van der Waals surface area contributed by atoms with Crippen LogP contribution >= 0.6 is 0 Å². The van der Waals surface area contributed by atoms with E-state index >= 15 is 0 Å². The maximum Gasteiger partial charge on any atom is 0.243 e. The van der Waals surface area contributed by atoms with Gasteiger partial charge in [-0.25, -0.2) is 4.39 Å². The molecule has 3 rings (SSSR count). The second-order valence-electron chi connectivity index (χ2n) is 9.33. The fourth-order valence-corrected chi connectivity index (χ4v) is 4.24. The highest BCUT2D eigenvalue weighted by Crippen LogP contribution is 2.28. The molecule has 0 spiro atoms. The molecule has 0 aliphatic carbocycles. The Bertz CT molecular complexity index is 1200. The molecule has 0 radical (unpaired) electrons. The van der Waals surface area contributed by atoms with Crippen molar-refractivity contribution < 1.29 is 23.5 Å². The van der Waals surface area contributed by atoms with Crippen LogP contribution in [0.2, 0.25) is 0 Å². The van der Waals surface area contributed by atoms with Crippen LogP contribution in [0, 0.1) is 5.82 Å². The lowest BCUT2D eigenvalue weighted by Gasteiger charge is -2.32. The number of ether oxygens (including phenoxy) is 2. The van der Waals surface area contributed by atoms with Gasteiger partial charge in [0, 0.05) is 31.0 Å². The number of halogens is 1. The molecule has 7 heteroatoms. The molecule has 1 N–H and O–H groups in total. The SMILES string of the molecule is CC[C@@H](C)NC(=O)[C@H](Cc1ccccc1)N(Cc1ccccc1F)C(=O)CCc1ccc(OC)c(OC)c1. The number of rotatable bonds is 13. The fraction of sp³-hybridized carbons (Fsp3) is 0.355. The number of nitrogens with zero attached hydrogens (tertiary/aromatic N) is 1. The third-order valence-electron chi connectivity index (χ3n) is 6.65. The lowest BCUT2D eigenvalue weighted by atomic mass is 10.0. The van der Waals surface area contributed by atoms with E-state index in [-0.39, 0.29) is 30.8 Å². The number of amides is 2. The Morgan fingerprint density at radius 1 is 0.921 bits per heavy atom. The number of methoxy groups -OCH3 is 2. The summed E-state index contributed by atoms with van der Waals surface area (Å²) in [5.41, 5.74) is 2.18. The molecule has 0 saturated carbocycles. The minimum atomic E-state index is -0.802. The maximum absolute atomic E-state index is 14.7. The third kappa shape index (κ3) is 7.81. The van der Waals surface area contributed by atoms with Crippen LogP contribution in [-0.2, 0) is 29.0 Å². The van der Waals surface area contributed by atoms with Crippen molar-refractivity contribution >= 4 is 11.8 Å². The molecule has 0 saturated heterocycles. The molecule has 2 amide bonds. The molecular weight excluding hydrogens is 483 g/mol. The number of carbonyl (C=O) groups excluding carboxylic acids is 2. The first-order chi connectivity index (χ1) is 18.4. The van der Waals surface area contributed by atoms with Gasteiger partial charge in [-0.2, -0.15) is 0 Å². The summed E-state index contributed by atoms with van der Waals surface area (Å²) in [7, 11) is 3.13. The number of aryl methyl sites for hydroxylation is 1. The lowest BCUT2D eigenvalue weighted by molar-refractivity contribution is -0.141. The van der Waals surface area contributed by atoms with Crippen LogP contribution in [0.15, 0.2) is 72.8 Å². The van der Waals surface area contributed by atoms with Crippen molar-refractivity contribution in [2.24, 2.45) is 0 Å². The van der Waals surface area contributed by atoms with Crippen LogP contribution in [0.5, 0.6) is 11.5 Å². The molecule has 2 atom stereocenters. The minimum Gasteiger partial charge on any atom is -0.493 e. The van der Waals surface area contributed by atoms with Gasteiger partial charge >= 0.3 is 0 Å². The molecule has 0 aliphatic heterocycles. The van der Waals surface area contributed by atoms with Gasteiger partial charge in [-0.05, 0) is 49.1 Å². The fourth-order valence-electron chi connectivity index (χ4n) is 4.24. The van der Waals surface area contributed by atoms with E-state index in [1.165, 1.54) is 11.0 Å². The van der Waals surface area contributed by atoms with Gasteiger partial charge in [0.15, 0.2) is 11.5 Å². The van der Waals surface area contributed by atoms with E-state index in [9.17, 15) is 14.0 Å². The average Bonchev–Trinajstić information content (AvgIpc) is 2.94. The van der Waals surface area contributed by atoms with E-state index in [0.717, 1.165) is 17.5 Å². The molecular formula is C31H37FN2O4. The monoisotopic (exact) mass is 520 g/mol. The zero-order valence-electron chi connectivity index (χ0n) is 22.6. The number of hydrogen-bond acceptors (Lipinski definition) is 4. The molecule has 3 aromatic rings. The molecule has 3 aromatic carbocycles. The summed E-state index contributed by atoms with van der Waals surface area (Å²) in [5, 5.41) is 3.03. The normalized spacial score (nSPS) is 12.3. The van der Waals surface area contributed by atoms with Crippen LogP contribution in [0.25, 0.3) is 0 Å². The van der Waals surface area contributed by atoms with E-state index in [0.29, 0.717) is 29.9 Å². The second kappa shape index (κ2) is 14.2. The quantitative estimate of drug-likeness (QED) is 0.331. The van der Waals surface area contributed by atoms with Crippen molar-refractivity contribution in [3.05, 3.63) is 95.3 Å². The number of carbonyl (C=O) groups is 2. The van der Waals surface area contributed by atoms with Gasteiger partial charge in [0.1, 0.15) is 11.9 Å². The van der Waals surface area contributed by atoms with Crippen molar-refractivity contribution in [2.45, 2.75) is 58.2 Å². The predicted molar refractivity (Wildman–Crippen MR) is 147 cm³/mol. The van der Waals surface area contributed by atoms with Gasteiger partial charge in [0.2, 0.25) is 11.8 Å². The minimum absolute atomic E-state index is 0.0110. The molecule has 38 heavy (non-hydrogen) atoms. The zero-order chi connectivity index (χ0) is 27.5. The molecule has 0 bridgehead atoms. The van der Waals surface area contributed by atoms with Crippen LogP contribution in [0.1, 0.15) is 43.4 Å². The molecule has 202 valence electrons. The largest absolute Gasteiger partial charge is 0.493 e. The summed E-state index contributed by atoms with van der Waals surface area (Å²) in [4.78, 5) is 28.8. The second-order valence-corrected chi connectivity index (χ2v) is 9.33. The Morgan fingerprint density at radius 2 is 1.61 bits per heavy atom. The zero-order valence-corrected chi connectivity index (χ0v) is 22.6. The highest BCUT2D eigenvalue weighted by atomic mass is 19.1. The summed E-state index contributed by atoms with van der Waals surface area (Å²) in [6.45, 7) is 3.91. The van der Waals surface area contributed by atoms with E-state index in [2.05, 4.69) is 5.32 Å². The van der Waals surface area contributed by atoms with Crippen LogP contribution in [0.3, 0.4) is 0 Å². The van der Waals surface area contributed by atoms with Crippen molar-refractivity contribution in [3.8, 4) is 11.5 Å². The number of benzene rings is 3. The van der Waals surface area contributed by atoms with E-state index in [1.807, 2.05) is 56.3 Å². The van der Waals surface area contributed by atoms with Gasteiger partial charge in [-0.1, -0.05) is 61.5 Å². The first-order valence-corrected chi connectivity index (χ1v) is 12.9. The van der Waals surface area contributed by atoms with Gasteiger partial charge in [0.05, 0.1) is 14.2 Å². The van der Waals surface area contributed by atoms with Crippen molar-refractivity contribution in [1.82, 2.24) is 10.2 Å². The molecule has 0 fully saturated rings. The smallest absolute Gasteiger partial charge is 0.243 e. The Labute approximate surface area is 224 Å². The third-order valence-corrected chi connectivity index (χ3v) is 6.65. The van der Waals surface area contributed by atoms with Crippen molar-refractivity contribution in [3.63, 3.8) is 0 Å². The molecule has 0 aromatic heterocycles. The Hall–Kier alpha value is -3.87. The van der Waals surface area contributed by atoms with Crippen molar-refractivity contribution in [1.29, 1.82) is 0 Å². The Kier molecular flexibility index (Phi) is 10.7. The standard InChI is InChI=1S/C31H37FN2O4/c1-5-22(2)33-31(36)27(19-23-11-7-6-8-12-23)34(21-25-13-9-10-14-26(25)32)30(35)18-16-24-15-17-28(37-3)29(20-24)38-4/h6-15,17,20,22,27H,5,16,18-19,21H2,1-4H3,(H,33,36)/t22-,27+/m1/s1. The van der Waals surface area contributed by atoms with E-state index < -0.39 is 11.9 Å². The Balaban J connectivity index is 1.92. The summed E-state index contributed by atoms with van der Waals surface area (Å²) < 4.78 is 25.4. The summed E-state index contributed by atoms with van der Waals surface area (Å²) in [6, 6.07) is 20.6. The average molecular weight is 521 g/mol. The highest BCUT2D eigenvalue weighted by Gasteiger charge is 2.31. The van der Waals surface area contributed by atoms with Crippen LogP contribution in [0.4, 0.5) is 4.39 Å². The van der Waals surface area contributed by atoms with Gasteiger partial charge in [-0.3, -0.25) is 9.59 Å². The maximum atomic E-state index is 14.7. The van der Waals surface area contributed by atoms with Crippen molar-refractivity contribution in [2.75, 3.05) is 14.2 Å². The highest BCUT2D eigenvalue weighted by molar-refractivity contribution is 5.88.